The number of ether oxygens (including phenoxy) is 1. The Morgan fingerprint density at radius 2 is 2.17 bits per heavy atom. The molecular formula is C11H14ClFN2O3. The minimum absolute atomic E-state index is 0.0731. The number of rotatable bonds is 5. The average Bonchev–Trinajstić information content (AvgIpc) is 2.22. The highest BCUT2D eigenvalue weighted by Gasteiger charge is 2.24. The maximum Gasteiger partial charge on any atom is 0.294 e. The van der Waals surface area contributed by atoms with Gasteiger partial charge < -0.3 is 10.1 Å². The summed E-state index contributed by atoms with van der Waals surface area (Å²) in [6, 6.07) is 2.00. The number of benzene rings is 1. The smallest absolute Gasteiger partial charge is 0.294 e. The van der Waals surface area contributed by atoms with E-state index >= 15 is 0 Å². The predicted molar refractivity (Wildman–Crippen MR) is 67.6 cm³/mol. The summed E-state index contributed by atoms with van der Waals surface area (Å²) in [4.78, 5) is 10.3. The van der Waals surface area contributed by atoms with Crippen LogP contribution in [0.3, 0.4) is 0 Å². The number of nitro benzene ring substituents is 1. The molecule has 0 atom stereocenters. The first kappa shape index (κ1) is 14.7. The summed E-state index contributed by atoms with van der Waals surface area (Å²) >= 11 is 5.53. The summed E-state index contributed by atoms with van der Waals surface area (Å²) in [5.41, 5.74) is -0.769. The minimum atomic E-state index is -0.710. The van der Waals surface area contributed by atoms with Crippen LogP contribution in [0, 0.1) is 15.9 Å². The van der Waals surface area contributed by atoms with E-state index in [0.29, 0.717) is 6.61 Å². The number of hydrogen-bond acceptors (Lipinski definition) is 4. The third kappa shape index (κ3) is 3.54. The van der Waals surface area contributed by atoms with E-state index in [0.717, 1.165) is 12.1 Å². The zero-order valence-electron chi connectivity index (χ0n) is 10.3. The van der Waals surface area contributed by atoms with Gasteiger partial charge in [-0.05, 0) is 13.8 Å². The van der Waals surface area contributed by atoms with Crippen LogP contribution in [0.1, 0.15) is 13.8 Å². The van der Waals surface area contributed by atoms with Crippen molar-refractivity contribution < 1.29 is 14.1 Å². The van der Waals surface area contributed by atoms with Crippen LogP contribution in [-0.2, 0) is 4.74 Å². The van der Waals surface area contributed by atoms with Gasteiger partial charge in [0, 0.05) is 19.2 Å². The van der Waals surface area contributed by atoms with E-state index < -0.39 is 16.3 Å². The van der Waals surface area contributed by atoms with Gasteiger partial charge in [0.1, 0.15) is 11.5 Å². The third-order valence-electron chi connectivity index (χ3n) is 2.21. The molecule has 0 amide bonds. The van der Waals surface area contributed by atoms with Gasteiger partial charge in [0.15, 0.2) is 0 Å². The molecule has 0 aromatic heterocycles. The molecule has 0 heterocycles. The van der Waals surface area contributed by atoms with Crippen LogP contribution in [0.4, 0.5) is 15.8 Å². The number of halogens is 2. The van der Waals surface area contributed by atoms with E-state index in [9.17, 15) is 14.5 Å². The number of hydrogen-bond donors (Lipinski definition) is 1. The molecule has 0 saturated heterocycles. The number of nitrogens with zero attached hydrogens (tertiary/aromatic N) is 1. The van der Waals surface area contributed by atoms with E-state index in [1.165, 1.54) is 7.11 Å². The lowest BCUT2D eigenvalue weighted by Gasteiger charge is -2.26. The first-order valence-corrected chi connectivity index (χ1v) is 5.55. The van der Waals surface area contributed by atoms with Crippen molar-refractivity contribution in [1.29, 1.82) is 0 Å². The summed E-state index contributed by atoms with van der Waals surface area (Å²) in [5, 5.41) is 13.5. The fraction of sp³-hybridized carbons (Fsp3) is 0.455. The van der Waals surface area contributed by atoms with Gasteiger partial charge in [-0.25, -0.2) is 4.39 Å². The predicted octanol–water partition coefficient (Wildman–Crippen LogP) is 3.22. The van der Waals surface area contributed by atoms with E-state index in [-0.39, 0.29) is 16.4 Å². The van der Waals surface area contributed by atoms with Crippen LogP contribution in [-0.4, -0.2) is 24.2 Å². The molecule has 1 rings (SSSR count). The van der Waals surface area contributed by atoms with Crippen molar-refractivity contribution in [1.82, 2.24) is 0 Å². The van der Waals surface area contributed by atoms with Gasteiger partial charge >= 0.3 is 0 Å². The lowest BCUT2D eigenvalue weighted by molar-refractivity contribution is -0.384. The molecule has 0 bridgehead atoms. The third-order valence-corrected chi connectivity index (χ3v) is 2.50. The summed E-state index contributed by atoms with van der Waals surface area (Å²) in [5.74, 6) is -0.710. The second kappa shape index (κ2) is 5.49. The number of nitro groups is 1. The van der Waals surface area contributed by atoms with E-state index in [1.807, 2.05) is 0 Å². The second-order valence-corrected chi connectivity index (χ2v) is 4.89. The summed E-state index contributed by atoms with van der Waals surface area (Å²) < 4.78 is 18.3. The van der Waals surface area contributed by atoms with Crippen LogP contribution in [0.2, 0.25) is 5.02 Å². The quantitative estimate of drug-likeness (QED) is 0.662. The van der Waals surface area contributed by atoms with Gasteiger partial charge in [-0.2, -0.15) is 0 Å². The first-order chi connectivity index (χ1) is 8.26. The van der Waals surface area contributed by atoms with Gasteiger partial charge in [-0.15, -0.1) is 0 Å². The molecule has 0 saturated carbocycles. The average molecular weight is 277 g/mol. The monoisotopic (exact) mass is 276 g/mol. The molecule has 18 heavy (non-hydrogen) atoms. The van der Waals surface area contributed by atoms with E-state index in [1.54, 1.807) is 13.8 Å². The van der Waals surface area contributed by atoms with Gasteiger partial charge in [0.2, 0.25) is 0 Å². The van der Waals surface area contributed by atoms with Crippen molar-refractivity contribution in [2.24, 2.45) is 0 Å². The topological polar surface area (TPSA) is 64.4 Å². The molecule has 0 aliphatic heterocycles. The first-order valence-electron chi connectivity index (χ1n) is 5.17. The molecule has 0 spiro atoms. The molecule has 1 N–H and O–H groups in total. The maximum atomic E-state index is 13.4. The van der Waals surface area contributed by atoms with Crippen molar-refractivity contribution in [3.8, 4) is 0 Å². The molecule has 0 aliphatic carbocycles. The highest BCUT2D eigenvalue weighted by atomic mass is 35.5. The fourth-order valence-corrected chi connectivity index (χ4v) is 1.71. The number of nitrogens with one attached hydrogen (secondary N) is 1. The van der Waals surface area contributed by atoms with Crippen LogP contribution in [0.15, 0.2) is 12.1 Å². The van der Waals surface area contributed by atoms with Crippen LogP contribution in [0.5, 0.6) is 0 Å². The molecule has 5 nitrogen and oxygen atoms in total. The molecule has 0 unspecified atom stereocenters. The Morgan fingerprint density at radius 3 is 2.67 bits per heavy atom. The SMILES string of the molecule is COCC(C)(C)Nc1cc(F)c(Cl)cc1[N+](=O)[O-]. The molecule has 0 aliphatic rings. The number of methoxy groups -OCH3 is 1. The Labute approximate surface area is 109 Å². The van der Waals surface area contributed by atoms with Gasteiger partial charge in [-0.3, -0.25) is 10.1 Å². The standard InChI is InChI=1S/C11H14ClFN2O3/c1-11(2,6-18-3)14-9-5-8(13)7(12)4-10(9)15(16)17/h4-5,14H,6H2,1-3H3. The Morgan fingerprint density at radius 1 is 1.56 bits per heavy atom. The summed E-state index contributed by atoms with van der Waals surface area (Å²) in [6.45, 7) is 3.88. The molecule has 7 heteroatoms. The lowest BCUT2D eigenvalue weighted by atomic mass is 10.1. The fourth-order valence-electron chi connectivity index (χ4n) is 1.55. The maximum absolute atomic E-state index is 13.4. The lowest BCUT2D eigenvalue weighted by Crippen LogP contribution is -2.36. The summed E-state index contributed by atoms with van der Waals surface area (Å²) in [6.07, 6.45) is 0. The second-order valence-electron chi connectivity index (χ2n) is 4.48. The highest BCUT2D eigenvalue weighted by molar-refractivity contribution is 6.31. The zero-order chi connectivity index (χ0) is 13.9. The van der Waals surface area contributed by atoms with Crippen molar-refractivity contribution in [3.05, 3.63) is 33.1 Å². The molecule has 1 aromatic rings. The van der Waals surface area contributed by atoms with Crippen molar-refractivity contribution in [3.63, 3.8) is 0 Å². The largest absolute Gasteiger partial charge is 0.382 e. The van der Waals surface area contributed by atoms with Crippen LogP contribution >= 0.6 is 11.6 Å². The Bertz CT molecular complexity index is 466. The van der Waals surface area contributed by atoms with Gasteiger partial charge in [-0.1, -0.05) is 11.6 Å². The van der Waals surface area contributed by atoms with Crippen LogP contribution < -0.4 is 5.32 Å². The molecule has 100 valence electrons. The Balaban J connectivity index is 3.15. The zero-order valence-corrected chi connectivity index (χ0v) is 11.0. The molecule has 0 fully saturated rings. The van der Waals surface area contributed by atoms with Crippen molar-refractivity contribution >= 4 is 23.0 Å². The molecule has 0 radical (unpaired) electrons. The minimum Gasteiger partial charge on any atom is -0.382 e. The van der Waals surface area contributed by atoms with Gasteiger partial charge in [0.05, 0.1) is 22.1 Å². The van der Waals surface area contributed by atoms with E-state index in [2.05, 4.69) is 5.32 Å². The molecule has 1 aromatic carbocycles. The summed E-state index contributed by atoms with van der Waals surface area (Å²) in [7, 11) is 1.51. The van der Waals surface area contributed by atoms with Crippen molar-refractivity contribution in [2.45, 2.75) is 19.4 Å². The van der Waals surface area contributed by atoms with Gasteiger partial charge in [0.25, 0.3) is 5.69 Å². The van der Waals surface area contributed by atoms with E-state index in [4.69, 9.17) is 16.3 Å². The highest BCUT2D eigenvalue weighted by Crippen LogP contribution is 2.32. The Hall–Kier alpha value is -1.40. The Kier molecular flexibility index (Phi) is 4.48. The van der Waals surface area contributed by atoms with Crippen LogP contribution in [0.25, 0.3) is 0 Å². The number of anilines is 1. The van der Waals surface area contributed by atoms with Crippen molar-refractivity contribution in [2.75, 3.05) is 19.0 Å². The normalized spacial score (nSPS) is 11.4. The molecular weight excluding hydrogens is 263 g/mol.